The minimum atomic E-state index is -4.58. The van der Waals surface area contributed by atoms with Crippen molar-refractivity contribution in [3.63, 3.8) is 0 Å². The molecule has 0 radical (unpaired) electrons. The van der Waals surface area contributed by atoms with E-state index in [1.807, 2.05) is 0 Å². The van der Waals surface area contributed by atoms with Gasteiger partial charge in [0, 0.05) is 11.6 Å². The van der Waals surface area contributed by atoms with Gasteiger partial charge in [-0.25, -0.2) is 4.98 Å². The molecular weight excluding hydrogens is 423 g/mol. The van der Waals surface area contributed by atoms with E-state index in [9.17, 15) is 22.8 Å². The highest BCUT2D eigenvalue weighted by molar-refractivity contribution is 6.33. The fourth-order valence-electron chi connectivity index (χ4n) is 2.69. The zero-order chi connectivity index (χ0) is 21.9. The Hall–Kier alpha value is -3.33. The zero-order valence-electron chi connectivity index (χ0n) is 15.5. The van der Waals surface area contributed by atoms with E-state index in [-0.39, 0.29) is 10.7 Å². The third kappa shape index (κ3) is 4.80. The topological polar surface area (TPSA) is 73.2 Å². The smallest absolute Gasteiger partial charge is 0.416 e. The van der Waals surface area contributed by atoms with Gasteiger partial charge in [-0.3, -0.25) is 14.2 Å². The van der Waals surface area contributed by atoms with Crippen LogP contribution in [0.1, 0.15) is 5.56 Å². The van der Waals surface area contributed by atoms with Crippen LogP contribution in [0.15, 0.2) is 59.7 Å². The van der Waals surface area contributed by atoms with Crippen LogP contribution in [-0.2, 0) is 17.5 Å². The van der Waals surface area contributed by atoms with Gasteiger partial charge in [0.25, 0.3) is 5.56 Å². The first kappa shape index (κ1) is 21.4. The van der Waals surface area contributed by atoms with Gasteiger partial charge in [-0.2, -0.15) is 13.2 Å². The summed E-state index contributed by atoms with van der Waals surface area (Å²) in [6.45, 7) is -0.454. The molecule has 0 saturated heterocycles. The van der Waals surface area contributed by atoms with Gasteiger partial charge in [-0.15, -0.1) is 0 Å². The molecule has 0 unspecified atom stereocenters. The standard InChI is InChI=1S/C20H15ClF3N3O3/c1-30-17-5-3-2-4-13(17)15-9-19(29)27(11-25-15)10-18(28)26-16-8-12(20(22,23)24)6-7-14(16)21/h2-9,11H,10H2,1H3,(H,26,28). The number of alkyl halides is 3. The first-order chi connectivity index (χ1) is 14.2. The molecule has 3 rings (SSSR count). The number of halogens is 4. The number of methoxy groups -OCH3 is 1. The molecule has 3 aromatic rings. The molecule has 1 N–H and O–H groups in total. The summed E-state index contributed by atoms with van der Waals surface area (Å²) in [5.41, 5.74) is -0.721. The molecule has 0 spiro atoms. The molecule has 1 amide bonds. The zero-order valence-corrected chi connectivity index (χ0v) is 16.3. The number of hydrogen-bond donors (Lipinski definition) is 1. The van der Waals surface area contributed by atoms with E-state index in [4.69, 9.17) is 16.3 Å². The summed E-state index contributed by atoms with van der Waals surface area (Å²) in [6, 6.07) is 10.8. The molecule has 30 heavy (non-hydrogen) atoms. The van der Waals surface area contributed by atoms with Gasteiger partial charge >= 0.3 is 6.18 Å². The monoisotopic (exact) mass is 437 g/mol. The number of ether oxygens (including phenoxy) is 1. The molecule has 0 aliphatic rings. The molecule has 0 bridgehead atoms. The van der Waals surface area contributed by atoms with Crippen LogP contribution in [0, 0.1) is 0 Å². The highest BCUT2D eigenvalue weighted by Crippen LogP contribution is 2.33. The third-order valence-electron chi connectivity index (χ3n) is 4.14. The second-order valence-electron chi connectivity index (χ2n) is 6.18. The van der Waals surface area contributed by atoms with Crippen molar-refractivity contribution in [1.82, 2.24) is 9.55 Å². The van der Waals surface area contributed by atoms with Crippen molar-refractivity contribution >= 4 is 23.2 Å². The van der Waals surface area contributed by atoms with E-state index >= 15 is 0 Å². The maximum absolute atomic E-state index is 12.9. The Kier molecular flexibility index (Phi) is 6.12. The van der Waals surface area contributed by atoms with Crippen LogP contribution in [0.4, 0.5) is 18.9 Å². The lowest BCUT2D eigenvalue weighted by Gasteiger charge is -2.12. The van der Waals surface area contributed by atoms with Gasteiger partial charge in [-0.1, -0.05) is 23.7 Å². The predicted octanol–water partition coefficient (Wildman–Crippen LogP) is 4.23. The lowest BCUT2D eigenvalue weighted by Crippen LogP contribution is -2.27. The Balaban J connectivity index is 1.79. The number of para-hydroxylation sites is 1. The Bertz CT molecular complexity index is 1150. The van der Waals surface area contributed by atoms with Crippen molar-refractivity contribution in [3.05, 3.63) is 75.8 Å². The van der Waals surface area contributed by atoms with Crippen molar-refractivity contribution in [2.24, 2.45) is 0 Å². The lowest BCUT2D eigenvalue weighted by atomic mass is 10.1. The van der Waals surface area contributed by atoms with Gasteiger partial charge in [0.15, 0.2) is 0 Å². The number of carbonyl (C=O) groups is 1. The second kappa shape index (κ2) is 8.58. The highest BCUT2D eigenvalue weighted by Gasteiger charge is 2.31. The minimum absolute atomic E-state index is 0.0617. The fourth-order valence-corrected chi connectivity index (χ4v) is 2.85. The van der Waals surface area contributed by atoms with E-state index in [0.29, 0.717) is 17.0 Å². The average Bonchev–Trinajstić information content (AvgIpc) is 2.70. The van der Waals surface area contributed by atoms with E-state index < -0.39 is 29.8 Å². The van der Waals surface area contributed by atoms with Gasteiger partial charge in [0.1, 0.15) is 12.3 Å². The highest BCUT2D eigenvalue weighted by atomic mass is 35.5. The second-order valence-corrected chi connectivity index (χ2v) is 6.59. The summed E-state index contributed by atoms with van der Waals surface area (Å²) in [5.74, 6) is -0.204. The molecule has 0 atom stereocenters. The number of rotatable bonds is 5. The van der Waals surface area contributed by atoms with E-state index in [2.05, 4.69) is 10.3 Å². The molecule has 156 valence electrons. The number of nitrogens with one attached hydrogen (secondary N) is 1. The van der Waals surface area contributed by atoms with Gasteiger partial charge in [-0.05, 0) is 30.3 Å². The quantitative estimate of drug-likeness (QED) is 0.648. The van der Waals surface area contributed by atoms with Crippen LogP contribution in [-0.4, -0.2) is 22.6 Å². The largest absolute Gasteiger partial charge is 0.496 e. The van der Waals surface area contributed by atoms with Crippen LogP contribution < -0.4 is 15.6 Å². The molecule has 0 fully saturated rings. The summed E-state index contributed by atoms with van der Waals surface area (Å²) >= 11 is 5.87. The summed E-state index contributed by atoms with van der Waals surface area (Å²) in [7, 11) is 1.49. The number of anilines is 1. The lowest BCUT2D eigenvalue weighted by molar-refractivity contribution is -0.137. The molecular formula is C20H15ClF3N3O3. The normalized spacial score (nSPS) is 11.2. The molecule has 0 saturated carbocycles. The Morgan fingerprint density at radius 3 is 2.60 bits per heavy atom. The number of hydrogen-bond acceptors (Lipinski definition) is 4. The van der Waals surface area contributed by atoms with Gasteiger partial charge < -0.3 is 10.1 Å². The Morgan fingerprint density at radius 1 is 1.20 bits per heavy atom. The van der Waals surface area contributed by atoms with E-state index in [1.165, 1.54) is 19.5 Å². The van der Waals surface area contributed by atoms with Crippen molar-refractivity contribution in [2.45, 2.75) is 12.7 Å². The van der Waals surface area contributed by atoms with E-state index in [1.54, 1.807) is 24.3 Å². The molecule has 6 nitrogen and oxygen atoms in total. The maximum atomic E-state index is 12.9. The van der Waals surface area contributed by atoms with Gasteiger partial charge in [0.2, 0.25) is 5.91 Å². The average molecular weight is 438 g/mol. The minimum Gasteiger partial charge on any atom is -0.496 e. The first-order valence-corrected chi connectivity index (χ1v) is 8.93. The Labute approximate surface area is 173 Å². The third-order valence-corrected chi connectivity index (χ3v) is 4.47. The number of benzene rings is 2. The number of aromatic nitrogens is 2. The summed E-state index contributed by atoms with van der Waals surface area (Å²) < 4.78 is 44.8. The maximum Gasteiger partial charge on any atom is 0.416 e. The number of carbonyl (C=O) groups excluding carboxylic acids is 1. The summed E-state index contributed by atoms with van der Waals surface area (Å²) in [6.07, 6.45) is -3.41. The van der Waals surface area contributed by atoms with Crippen LogP contribution in [0.3, 0.4) is 0 Å². The molecule has 1 heterocycles. The van der Waals surface area contributed by atoms with Crippen LogP contribution >= 0.6 is 11.6 Å². The number of amides is 1. The Morgan fingerprint density at radius 2 is 1.93 bits per heavy atom. The van der Waals surface area contributed by atoms with Crippen molar-refractivity contribution in [3.8, 4) is 17.0 Å². The SMILES string of the molecule is COc1ccccc1-c1cc(=O)n(CC(=O)Nc2cc(C(F)(F)F)ccc2Cl)cn1. The summed E-state index contributed by atoms with van der Waals surface area (Å²) in [5, 5.41) is 2.22. The van der Waals surface area contributed by atoms with Crippen molar-refractivity contribution in [1.29, 1.82) is 0 Å². The van der Waals surface area contributed by atoms with E-state index in [0.717, 1.165) is 22.8 Å². The molecule has 0 aliphatic heterocycles. The van der Waals surface area contributed by atoms with Gasteiger partial charge in [0.05, 0.1) is 35.4 Å². The fraction of sp³-hybridized carbons (Fsp3) is 0.150. The van der Waals surface area contributed by atoms with Crippen LogP contribution in [0.2, 0.25) is 5.02 Å². The molecule has 2 aromatic carbocycles. The first-order valence-electron chi connectivity index (χ1n) is 8.55. The van der Waals surface area contributed by atoms with Crippen molar-refractivity contribution in [2.75, 3.05) is 12.4 Å². The molecule has 0 aliphatic carbocycles. The predicted molar refractivity (Wildman–Crippen MR) is 106 cm³/mol. The van der Waals surface area contributed by atoms with Crippen molar-refractivity contribution < 1.29 is 22.7 Å². The molecule has 1 aromatic heterocycles. The van der Waals surface area contributed by atoms with Crippen LogP contribution in [0.5, 0.6) is 5.75 Å². The van der Waals surface area contributed by atoms with Crippen LogP contribution in [0.25, 0.3) is 11.3 Å². The number of nitrogens with zero attached hydrogens (tertiary/aromatic N) is 2. The summed E-state index contributed by atoms with van der Waals surface area (Å²) in [4.78, 5) is 28.8. The molecule has 10 heteroatoms.